The number of nitrogens with zero attached hydrogens (tertiary/aromatic N) is 3. The molecule has 42 heavy (non-hydrogen) atoms. The van der Waals surface area contributed by atoms with Gasteiger partial charge in [-0.1, -0.05) is 84.0 Å². The van der Waals surface area contributed by atoms with Crippen LogP contribution in [-0.4, -0.2) is 27.0 Å². The van der Waals surface area contributed by atoms with Gasteiger partial charge in [0.2, 0.25) is 0 Å². The molecule has 0 aliphatic carbocycles. The van der Waals surface area contributed by atoms with E-state index >= 15 is 0 Å². The summed E-state index contributed by atoms with van der Waals surface area (Å²) < 4.78 is 2.05. The van der Waals surface area contributed by atoms with Crippen LogP contribution in [0.4, 0.5) is 5.69 Å². The summed E-state index contributed by atoms with van der Waals surface area (Å²) in [4.78, 5) is 40.9. The van der Waals surface area contributed by atoms with E-state index in [-0.39, 0.29) is 11.5 Å². The number of rotatable bonds is 7. The second kappa shape index (κ2) is 10.9. The average molecular weight is 554 g/mol. The van der Waals surface area contributed by atoms with Crippen molar-refractivity contribution in [3.05, 3.63) is 154 Å². The van der Waals surface area contributed by atoms with E-state index in [1.54, 1.807) is 48.5 Å². The largest absolute Gasteiger partial charge is 0.332 e. The Morgan fingerprint density at radius 3 is 1.88 bits per heavy atom. The number of nitro groups is 1. The fourth-order valence-electron chi connectivity index (χ4n) is 5.05. The van der Waals surface area contributed by atoms with Crippen molar-refractivity contribution in [2.45, 2.75) is 6.92 Å². The van der Waals surface area contributed by atoms with Crippen LogP contribution in [0.5, 0.6) is 0 Å². The number of ketones is 1. The molecule has 0 unspecified atom stereocenters. The van der Waals surface area contributed by atoms with Crippen LogP contribution in [0.25, 0.3) is 27.5 Å². The molecule has 0 N–H and O–H groups in total. The Bertz CT molecular complexity index is 2010. The maximum atomic E-state index is 12.9. The molecule has 204 valence electrons. The number of carbonyl (C=O) groups is 2. The molecule has 0 saturated heterocycles. The van der Waals surface area contributed by atoms with Crippen molar-refractivity contribution in [2.24, 2.45) is 5.16 Å². The smallest absolute Gasteiger partial charge is 0.318 e. The van der Waals surface area contributed by atoms with Crippen LogP contribution in [0.15, 0.2) is 126 Å². The molecule has 6 rings (SSSR count). The van der Waals surface area contributed by atoms with Crippen LogP contribution in [0.1, 0.15) is 34.0 Å². The second-order valence-electron chi connectivity index (χ2n) is 9.66. The Morgan fingerprint density at radius 2 is 1.24 bits per heavy atom. The number of benzene rings is 5. The summed E-state index contributed by atoms with van der Waals surface area (Å²) in [5, 5.41) is 17.3. The fourth-order valence-corrected chi connectivity index (χ4v) is 5.05. The third-order valence-electron chi connectivity index (χ3n) is 6.97. The summed E-state index contributed by atoms with van der Waals surface area (Å²) in [7, 11) is 0. The highest BCUT2D eigenvalue weighted by atomic mass is 16.7. The number of oxime groups is 1. The van der Waals surface area contributed by atoms with Gasteiger partial charge in [0.15, 0.2) is 5.78 Å². The number of nitro benzene ring substituents is 1. The molecule has 1 heterocycles. The molecular weight excluding hydrogens is 530 g/mol. The summed E-state index contributed by atoms with van der Waals surface area (Å²) >= 11 is 0. The summed E-state index contributed by atoms with van der Waals surface area (Å²) in [5.41, 5.74) is 5.24. The van der Waals surface area contributed by atoms with Gasteiger partial charge in [-0.15, -0.1) is 0 Å². The first-order valence-corrected chi connectivity index (χ1v) is 13.1. The summed E-state index contributed by atoms with van der Waals surface area (Å²) in [6, 6.07) is 36.1. The molecule has 0 radical (unpaired) electrons. The molecule has 6 aromatic rings. The van der Waals surface area contributed by atoms with Gasteiger partial charge in [-0.2, -0.15) is 0 Å². The Labute approximate surface area is 240 Å². The lowest BCUT2D eigenvalue weighted by atomic mass is 9.97. The molecule has 8 nitrogen and oxygen atoms in total. The Kier molecular flexibility index (Phi) is 6.86. The molecule has 0 spiro atoms. The molecule has 0 atom stereocenters. The molecule has 0 amide bonds. The molecule has 5 aromatic carbocycles. The van der Waals surface area contributed by atoms with Crippen LogP contribution < -0.4 is 0 Å². The van der Waals surface area contributed by atoms with Crippen molar-refractivity contribution >= 4 is 45.0 Å². The maximum absolute atomic E-state index is 12.9. The zero-order valence-electron chi connectivity index (χ0n) is 22.4. The maximum Gasteiger partial charge on any atom is 0.332 e. The van der Waals surface area contributed by atoms with Crippen LogP contribution >= 0.6 is 0 Å². The Balaban J connectivity index is 1.50. The lowest BCUT2D eigenvalue weighted by molar-refractivity contribution is -0.384. The van der Waals surface area contributed by atoms with Crippen molar-refractivity contribution in [3.63, 3.8) is 0 Å². The Morgan fingerprint density at radius 1 is 0.690 bits per heavy atom. The molecule has 1 aromatic heterocycles. The van der Waals surface area contributed by atoms with Crippen LogP contribution in [0.3, 0.4) is 0 Å². The predicted octanol–water partition coefficient (Wildman–Crippen LogP) is 7.24. The van der Waals surface area contributed by atoms with E-state index < -0.39 is 10.9 Å². The van der Waals surface area contributed by atoms with Gasteiger partial charge in [0.1, 0.15) is 5.71 Å². The van der Waals surface area contributed by atoms with Gasteiger partial charge in [0, 0.05) is 57.8 Å². The molecule has 0 fully saturated rings. The van der Waals surface area contributed by atoms with E-state index in [0.717, 1.165) is 22.1 Å². The summed E-state index contributed by atoms with van der Waals surface area (Å²) in [6.07, 6.45) is 0. The van der Waals surface area contributed by atoms with E-state index in [1.165, 1.54) is 13.0 Å². The number of aromatic nitrogens is 1. The van der Waals surface area contributed by atoms with Crippen LogP contribution in [0.2, 0.25) is 0 Å². The normalized spacial score (nSPS) is 11.5. The van der Waals surface area contributed by atoms with E-state index in [1.807, 2.05) is 71.3 Å². The molecule has 0 aliphatic heterocycles. The zero-order valence-corrected chi connectivity index (χ0v) is 22.4. The zero-order chi connectivity index (χ0) is 29.2. The van der Waals surface area contributed by atoms with Gasteiger partial charge in [-0.3, -0.25) is 14.9 Å². The predicted molar refractivity (Wildman–Crippen MR) is 161 cm³/mol. The van der Waals surface area contributed by atoms with Crippen molar-refractivity contribution < 1.29 is 19.3 Å². The highest BCUT2D eigenvalue weighted by molar-refractivity contribution is 6.18. The first kappa shape index (κ1) is 26.3. The van der Waals surface area contributed by atoms with Gasteiger partial charge in [0.25, 0.3) is 5.69 Å². The van der Waals surface area contributed by atoms with Gasteiger partial charge >= 0.3 is 5.97 Å². The van der Waals surface area contributed by atoms with E-state index in [2.05, 4.69) is 5.16 Å². The highest BCUT2D eigenvalue weighted by Gasteiger charge is 2.19. The molecule has 0 saturated carbocycles. The lowest BCUT2D eigenvalue weighted by Crippen LogP contribution is -2.07. The van der Waals surface area contributed by atoms with Gasteiger partial charge in [-0.05, 0) is 30.3 Å². The second-order valence-corrected chi connectivity index (χ2v) is 9.66. The van der Waals surface area contributed by atoms with Crippen molar-refractivity contribution in [2.75, 3.05) is 0 Å². The van der Waals surface area contributed by atoms with E-state index in [4.69, 9.17) is 4.84 Å². The van der Waals surface area contributed by atoms with Gasteiger partial charge in [-0.25, -0.2) is 4.79 Å². The molecular formula is C34H23N3O5. The highest BCUT2D eigenvalue weighted by Crippen LogP contribution is 2.35. The minimum absolute atomic E-state index is 0.0208. The van der Waals surface area contributed by atoms with Crippen LogP contribution in [-0.2, 0) is 9.63 Å². The van der Waals surface area contributed by atoms with E-state index in [0.29, 0.717) is 33.4 Å². The summed E-state index contributed by atoms with van der Waals surface area (Å²) in [6.45, 7) is 1.26. The number of carbonyl (C=O) groups excluding carboxylic acids is 2. The fraction of sp³-hybridized carbons (Fsp3) is 0.0294. The van der Waals surface area contributed by atoms with Gasteiger partial charge in [0.05, 0.1) is 16.0 Å². The van der Waals surface area contributed by atoms with Crippen molar-refractivity contribution in [1.29, 1.82) is 0 Å². The lowest BCUT2D eigenvalue weighted by Gasteiger charge is -2.10. The molecule has 8 heteroatoms. The number of hydrogen-bond donors (Lipinski definition) is 0. The van der Waals surface area contributed by atoms with Crippen LogP contribution in [0, 0.1) is 10.1 Å². The Hall–Kier alpha value is -5.89. The standard InChI is InChI=1S/C34H23N3O5/c1-22(38)42-35-33(23-12-14-25(15-13-23)34(39)24-8-4-2-5-9-24)26-16-18-31-29(20-26)30-21-28(37(40)41)17-19-32(30)36(31)27-10-6-3-7-11-27/h2-21H,1H3/b35-33-. The molecule has 0 bridgehead atoms. The van der Waals surface area contributed by atoms with Crippen molar-refractivity contribution in [3.8, 4) is 5.69 Å². The monoisotopic (exact) mass is 553 g/mol. The quantitative estimate of drug-likeness (QED) is 0.0682. The van der Waals surface area contributed by atoms with Gasteiger partial charge < -0.3 is 9.40 Å². The SMILES string of the molecule is CC(=O)O/N=C(/c1ccc(C(=O)c2ccccc2)cc1)c1ccc2c(c1)c1cc([N+](=O)[O-])ccc1n2-c1ccccc1. The van der Waals surface area contributed by atoms with Crippen molar-refractivity contribution in [1.82, 2.24) is 4.57 Å². The topological polar surface area (TPSA) is 104 Å². The number of non-ortho nitro benzene ring substituents is 1. The third kappa shape index (κ3) is 4.93. The molecule has 0 aliphatic rings. The van der Waals surface area contributed by atoms with E-state index in [9.17, 15) is 19.7 Å². The number of para-hydroxylation sites is 1. The number of hydrogen-bond acceptors (Lipinski definition) is 6. The minimum atomic E-state index is -0.583. The first-order chi connectivity index (χ1) is 20.4. The minimum Gasteiger partial charge on any atom is -0.318 e. The average Bonchev–Trinajstić information content (AvgIpc) is 3.35. The summed E-state index contributed by atoms with van der Waals surface area (Å²) in [5.74, 6) is -0.696. The first-order valence-electron chi connectivity index (χ1n) is 13.1. The number of fused-ring (bicyclic) bond motifs is 3. The third-order valence-corrected chi connectivity index (χ3v) is 6.97.